The third-order valence-electron chi connectivity index (χ3n) is 4.85. The summed E-state index contributed by atoms with van der Waals surface area (Å²) < 4.78 is 40.0. The van der Waals surface area contributed by atoms with Gasteiger partial charge in [0.05, 0.1) is 11.4 Å². The standard InChI is InChI=1S/C21H18F3N5O/c22-15-3-1-14(2-4-15)18-7-8-20(27-26-18)28-9-11-29(12-10-28)21(30)25-19-13-16(23)5-6-17(19)24/h1-8,13H,9-12H2,(H,25,30). The molecule has 0 aliphatic carbocycles. The second kappa shape index (κ2) is 8.40. The lowest BCUT2D eigenvalue weighted by Gasteiger charge is -2.35. The monoisotopic (exact) mass is 413 g/mol. The maximum Gasteiger partial charge on any atom is 0.322 e. The number of halogens is 3. The average molecular weight is 413 g/mol. The predicted molar refractivity (Wildman–Crippen MR) is 107 cm³/mol. The Morgan fingerprint density at radius 2 is 1.53 bits per heavy atom. The number of nitrogens with zero attached hydrogens (tertiary/aromatic N) is 4. The van der Waals surface area contributed by atoms with Crippen molar-refractivity contribution in [2.75, 3.05) is 36.4 Å². The molecule has 6 nitrogen and oxygen atoms in total. The molecule has 4 rings (SSSR count). The Kier molecular flexibility index (Phi) is 5.51. The van der Waals surface area contributed by atoms with Crippen LogP contribution in [-0.4, -0.2) is 47.3 Å². The number of hydrogen-bond donors (Lipinski definition) is 1. The Morgan fingerprint density at radius 1 is 0.833 bits per heavy atom. The van der Waals surface area contributed by atoms with Crippen LogP contribution < -0.4 is 10.2 Å². The van der Waals surface area contributed by atoms with Crippen molar-refractivity contribution in [2.45, 2.75) is 0 Å². The summed E-state index contributed by atoms with van der Waals surface area (Å²) in [5.41, 5.74) is 1.21. The zero-order chi connectivity index (χ0) is 21.1. The largest absolute Gasteiger partial charge is 0.352 e. The third kappa shape index (κ3) is 4.35. The summed E-state index contributed by atoms with van der Waals surface area (Å²) in [5.74, 6) is -0.971. The molecule has 3 aromatic rings. The molecular formula is C21H18F3N5O. The molecule has 1 saturated heterocycles. The smallest absolute Gasteiger partial charge is 0.322 e. The van der Waals surface area contributed by atoms with Gasteiger partial charge < -0.3 is 15.1 Å². The number of piperazine rings is 1. The van der Waals surface area contributed by atoms with E-state index in [2.05, 4.69) is 15.5 Å². The lowest BCUT2D eigenvalue weighted by molar-refractivity contribution is 0.208. The highest BCUT2D eigenvalue weighted by Gasteiger charge is 2.23. The number of hydrogen-bond acceptors (Lipinski definition) is 4. The molecule has 1 fully saturated rings. The van der Waals surface area contributed by atoms with E-state index < -0.39 is 17.7 Å². The molecule has 1 aliphatic heterocycles. The predicted octanol–water partition coefficient (Wildman–Crippen LogP) is 3.92. The molecule has 30 heavy (non-hydrogen) atoms. The van der Waals surface area contributed by atoms with Crippen molar-refractivity contribution in [3.63, 3.8) is 0 Å². The average Bonchev–Trinajstić information content (AvgIpc) is 2.77. The van der Waals surface area contributed by atoms with Gasteiger partial charge in [0, 0.05) is 37.8 Å². The first-order chi connectivity index (χ1) is 14.5. The molecule has 1 N–H and O–H groups in total. The topological polar surface area (TPSA) is 61.4 Å². The maximum absolute atomic E-state index is 13.7. The quantitative estimate of drug-likeness (QED) is 0.707. The fourth-order valence-electron chi connectivity index (χ4n) is 3.19. The van der Waals surface area contributed by atoms with E-state index >= 15 is 0 Å². The first-order valence-electron chi connectivity index (χ1n) is 9.35. The summed E-state index contributed by atoms with van der Waals surface area (Å²) >= 11 is 0. The molecule has 0 unspecified atom stereocenters. The van der Waals surface area contributed by atoms with Gasteiger partial charge in [0.2, 0.25) is 0 Å². The Morgan fingerprint density at radius 3 is 2.20 bits per heavy atom. The number of amides is 2. The Bertz CT molecular complexity index is 1040. The fraction of sp³-hybridized carbons (Fsp3) is 0.190. The van der Waals surface area contributed by atoms with Crippen LogP contribution in [-0.2, 0) is 0 Å². The highest BCUT2D eigenvalue weighted by atomic mass is 19.1. The van der Waals surface area contributed by atoms with E-state index in [1.165, 1.54) is 17.0 Å². The molecule has 0 radical (unpaired) electrons. The van der Waals surface area contributed by atoms with Crippen LogP contribution >= 0.6 is 0 Å². The normalized spacial score (nSPS) is 14.0. The Balaban J connectivity index is 1.35. The Labute approximate surface area is 170 Å². The summed E-state index contributed by atoms with van der Waals surface area (Å²) in [6.45, 7) is 1.82. The second-order valence-electron chi connectivity index (χ2n) is 6.81. The van der Waals surface area contributed by atoms with Gasteiger partial charge in [-0.15, -0.1) is 10.2 Å². The lowest BCUT2D eigenvalue weighted by atomic mass is 10.1. The van der Waals surface area contributed by atoms with Gasteiger partial charge >= 0.3 is 6.03 Å². The van der Waals surface area contributed by atoms with Crippen LogP contribution in [0.15, 0.2) is 54.6 Å². The highest BCUT2D eigenvalue weighted by Crippen LogP contribution is 2.20. The molecule has 0 spiro atoms. The van der Waals surface area contributed by atoms with E-state index in [0.29, 0.717) is 37.7 Å². The summed E-state index contributed by atoms with van der Waals surface area (Å²) in [4.78, 5) is 15.9. The minimum atomic E-state index is -0.695. The highest BCUT2D eigenvalue weighted by molar-refractivity contribution is 5.89. The van der Waals surface area contributed by atoms with Gasteiger partial charge in [-0.2, -0.15) is 0 Å². The molecule has 1 aromatic heterocycles. The van der Waals surface area contributed by atoms with Crippen molar-refractivity contribution in [1.82, 2.24) is 15.1 Å². The van der Waals surface area contributed by atoms with E-state index in [1.807, 2.05) is 11.0 Å². The van der Waals surface area contributed by atoms with Crippen molar-refractivity contribution in [3.8, 4) is 11.3 Å². The van der Waals surface area contributed by atoms with E-state index in [-0.39, 0.29) is 11.5 Å². The van der Waals surface area contributed by atoms with Crippen LogP contribution in [0.25, 0.3) is 11.3 Å². The minimum absolute atomic E-state index is 0.190. The number of carbonyl (C=O) groups excluding carboxylic acids is 1. The van der Waals surface area contributed by atoms with Crippen molar-refractivity contribution in [3.05, 3.63) is 72.0 Å². The van der Waals surface area contributed by atoms with Gasteiger partial charge in [0.1, 0.15) is 17.5 Å². The zero-order valence-electron chi connectivity index (χ0n) is 15.9. The number of aromatic nitrogens is 2. The molecule has 2 aromatic carbocycles. The molecule has 2 heterocycles. The van der Waals surface area contributed by atoms with Gasteiger partial charge in [-0.3, -0.25) is 0 Å². The SMILES string of the molecule is O=C(Nc1cc(F)ccc1F)N1CCN(c2ccc(-c3ccc(F)cc3)nn2)CC1. The third-order valence-corrected chi connectivity index (χ3v) is 4.85. The van der Waals surface area contributed by atoms with Gasteiger partial charge in [0.25, 0.3) is 0 Å². The number of rotatable bonds is 3. The summed E-state index contributed by atoms with van der Waals surface area (Å²) in [6, 6.07) is 12.1. The molecule has 2 amide bonds. The number of anilines is 2. The van der Waals surface area contributed by atoms with E-state index in [1.54, 1.807) is 18.2 Å². The summed E-state index contributed by atoms with van der Waals surface area (Å²) in [6.07, 6.45) is 0. The van der Waals surface area contributed by atoms with Crippen LogP contribution in [0.1, 0.15) is 0 Å². The molecule has 0 bridgehead atoms. The molecule has 0 atom stereocenters. The molecule has 0 saturated carbocycles. The molecule has 1 aliphatic rings. The van der Waals surface area contributed by atoms with Crippen molar-refractivity contribution < 1.29 is 18.0 Å². The molecule has 154 valence electrons. The zero-order valence-corrected chi connectivity index (χ0v) is 15.9. The summed E-state index contributed by atoms with van der Waals surface area (Å²) in [5, 5.41) is 10.8. The van der Waals surface area contributed by atoms with Crippen LogP contribution in [0.5, 0.6) is 0 Å². The van der Waals surface area contributed by atoms with E-state index in [0.717, 1.165) is 23.8 Å². The van der Waals surface area contributed by atoms with Crippen molar-refractivity contribution >= 4 is 17.5 Å². The van der Waals surface area contributed by atoms with Crippen LogP contribution in [0.2, 0.25) is 0 Å². The van der Waals surface area contributed by atoms with Gasteiger partial charge in [-0.25, -0.2) is 18.0 Å². The van der Waals surface area contributed by atoms with Gasteiger partial charge in [-0.1, -0.05) is 0 Å². The van der Waals surface area contributed by atoms with Gasteiger partial charge in [-0.05, 0) is 48.5 Å². The second-order valence-corrected chi connectivity index (χ2v) is 6.81. The number of benzene rings is 2. The van der Waals surface area contributed by atoms with Crippen molar-refractivity contribution in [2.24, 2.45) is 0 Å². The van der Waals surface area contributed by atoms with E-state index in [9.17, 15) is 18.0 Å². The molecular weight excluding hydrogens is 395 g/mol. The van der Waals surface area contributed by atoms with E-state index in [4.69, 9.17) is 0 Å². The minimum Gasteiger partial charge on any atom is -0.352 e. The Hall–Kier alpha value is -3.62. The van der Waals surface area contributed by atoms with Gasteiger partial charge in [0.15, 0.2) is 5.82 Å². The summed E-state index contributed by atoms with van der Waals surface area (Å²) in [7, 11) is 0. The first kappa shape index (κ1) is 19.7. The number of nitrogens with one attached hydrogen (secondary N) is 1. The number of urea groups is 1. The molecule has 9 heteroatoms. The van der Waals surface area contributed by atoms with Crippen LogP contribution in [0, 0.1) is 17.5 Å². The van der Waals surface area contributed by atoms with Crippen molar-refractivity contribution in [1.29, 1.82) is 0 Å². The maximum atomic E-state index is 13.7. The van der Waals surface area contributed by atoms with Crippen LogP contribution in [0.3, 0.4) is 0 Å². The fourth-order valence-corrected chi connectivity index (χ4v) is 3.19. The lowest BCUT2D eigenvalue weighted by Crippen LogP contribution is -2.50. The van der Waals surface area contributed by atoms with Crippen LogP contribution in [0.4, 0.5) is 29.5 Å². The first-order valence-corrected chi connectivity index (χ1v) is 9.35. The number of carbonyl (C=O) groups is 1.